The topological polar surface area (TPSA) is 66.4 Å². The summed E-state index contributed by atoms with van der Waals surface area (Å²) in [6.07, 6.45) is 1.42. The van der Waals surface area contributed by atoms with E-state index in [0.29, 0.717) is 17.9 Å². The van der Waals surface area contributed by atoms with Crippen molar-refractivity contribution in [2.45, 2.75) is 39.2 Å². The van der Waals surface area contributed by atoms with Crippen molar-refractivity contribution in [1.82, 2.24) is 5.32 Å². The first-order chi connectivity index (χ1) is 9.45. The monoisotopic (exact) mass is 297 g/mol. The van der Waals surface area contributed by atoms with Crippen LogP contribution in [0.2, 0.25) is 5.02 Å². The SMILES string of the molecule is CCC(C)C(NC(=O)CCc1ccccc1Cl)C(=O)O. The molecule has 110 valence electrons. The van der Waals surface area contributed by atoms with Gasteiger partial charge in [-0.3, -0.25) is 4.79 Å². The smallest absolute Gasteiger partial charge is 0.326 e. The molecule has 1 aromatic carbocycles. The number of halogens is 1. The van der Waals surface area contributed by atoms with Gasteiger partial charge in [0.15, 0.2) is 0 Å². The van der Waals surface area contributed by atoms with Crippen LogP contribution in [0, 0.1) is 5.92 Å². The molecule has 0 heterocycles. The molecule has 1 aromatic rings. The van der Waals surface area contributed by atoms with E-state index in [1.165, 1.54) is 0 Å². The fourth-order valence-corrected chi connectivity index (χ4v) is 2.11. The van der Waals surface area contributed by atoms with Gasteiger partial charge in [0.1, 0.15) is 6.04 Å². The van der Waals surface area contributed by atoms with Gasteiger partial charge in [0.2, 0.25) is 5.91 Å². The van der Waals surface area contributed by atoms with Crippen LogP contribution < -0.4 is 5.32 Å². The van der Waals surface area contributed by atoms with Gasteiger partial charge < -0.3 is 10.4 Å². The highest BCUT2D eigenvalue weighted by Gasteiger charge is 2.24. The summed E-state index contributed by atoms with van der Waals surface area (Å²) in [5, 5.41) is 12.3. The molecule has 1 rings (SSSR count). The number of rotatable bonds is 7. The highest BCUT2D eigenvalue weighted by molar-refractivity contribution is 6.31. The average molecular weight is 298 g/mol. The van der Waals surface area contributed by atoms with Crippen molar-refractivity contribution in [2.75, 3.05) is 0 Å². The molecule has 0 aliphatic rings. The molecule has 20 heavy (non-hydrogen) atoms. The zero-order valence-corrected chi connectivity index (χ0v) is 12.5. The highest BCUT2D eigenvalue weighted by Crippen LogP contribution is 2.16. The summed E-state index contributed by atoms with van der Waals surface area (Å²) >= 11 is 6.01. The predicted molar refractivity (Wildman–Crippen MR) is 78.8 cm³/mol. The Morgan fingerprint density at radius 2 is 2.00 bits per heavy atom. The van der Waals surface area contributed by atoms with Crippen LogP contribution in [0.25, 0.3) is 0 Å². The van der Waals surface area contributed by atoms with Gasteiger partial charge in [0.05, 0.1) is 0 Å². The molecule has 0 saturated carbocycles. The van der Waals surface area contributed by atoms with Crippen molar-refractivity contribution in [1.29, 1.82) is 0 Å². The normalized spacial score (nSPS) is 13.6. The molecule has 0 bridgehead atoms. The van der Waals surface area contributed by atoms with Crippen LogP contribution in [0.4, 0.5) is 0 Å². The highest BCUT2D eigenvalue weighted by atomic mass is 35.5. The predicted octanol–water partition coefficient (Wildman–Crippen LogP) is 2.89. The number of amides is 1. The van der Waals surface area contributed by atoms with E-state index in [1.807, 2.05) is 32.0 Å². The van der Waals surface area contributed by atoms with Crippen molar-refractivity contribution in [2.24, 2.45) is 5.92 Å². The molecule has 0 spiro atoms. The first-order valence-electron chi connectivity index (χ1n) is 6.71. The third-order valence-electron chi connectivity index (χ3n) is 3.37. The molecular formula is C15H20ClNO3. The summed E-state index contributed by atoms with van der Waals surface area (Å²) in [4.78, 5) is 23.0. The Hall–Kier alpha value is -1.55. The van der Waals surface area contributed by atoms with E-state index in [9.17, 15) is 9.59 Å². The number of nitrogens with one attached hydrogen (secondary N) is 1. The maximum atomic E-state index is 11.8. The maximum Gasteiger partial charge on any atom is 0.326 e. The zero-order valence-electron chi connectivity index (χ0n) is 11.7. The molecular weight excluding hydrogens is 278 g/mol. The first-order valence-corrected chi connectivity index (χ1v) is 7.09. The molecule has 4 nitrogen and oxygen atoms in total. The number of benzene rings is 1. The average Bonchev–Trinajstić information content (AvgIpc) is 2.42. The third-order valence-corrected chi connectivity index (χ3v) is 3.74. The number of aryl methyl sites for hydroxylation is 1. The Morgan fingerprint density at radius 3 is 2.55 bits per heavy atom. The number of aliphatic carboxylic acids is 1. The molecule has 0 radical (unpaired) electrons. The number of carbonyl (C=O) groups excluding carboxylic acids is 1. The number of carbonyl (C=O) groups is 2. The Morgan fingerprint density at radius 1 is 1.35 bits per heavy atom. The third kappa shape index (κ3) is 4.85. The van der Waals surface area contributed by atoms with Crippen LogP contribution in [-0.4, -0.2) is 23.0 Å². The number of carboxylic acids is 1. The molecule has 2 atom stereocenters. The standard InChI is InChI=1S/C15H20ClNO3/c1-3-10(2)14(15(19)20)17-13(18)9-8-11-6-4-5-7-12(11)16/h4-7,10,14H,3,8-9H2,1-2H3,(H,17,18)(H,19,20). The van der Waals surface area contributed by atoms with E-state index in [0.717, 1.165) is 5.56 Å². The Balaban J connectivity index is 2.55. The van der Waals surface area contributed by atoms with E-state index in [4.69, 9.17) is 16.7 Å². The van der Waals surface area contributed by atoms with Crippen LogP contribution >= 0.6 is 11.6 Å². The zero-order chi connectivity index (χ0) is 15.1. The second-order valence-corrected chi connectivity index (χ2v) is 5.27. The summed E-state index contributed by atoms with van der Waals surface area (Å²) in [6, 6.07) is 6.49. The van der Waals surface area contributed by atoms with Gasteiger partial charge >= 0.3 is 5.97 Å². The second kappa shape index (κ2) is 7.90. The van der Waals surface area contributed by atoms with E-state index >= 15 is 0 Å². The summed E-state index contributed by atoms with van der Waals surface area (Å²) in [6.45, 7) is 3.71. The van der Waals surface area contributed by atoms with E-state index in [2.05, 4.69) is 5.32 Å². The number of carboxylic acid groups (broad SMARTS) is 1. The number of hydrogen-bond acceptors (Lipinski definition) is 2. The van der Waals surface area contributed by atoms with Gasteiger partial charge in [-0.2, -0.15) is 0 Å². The van der Waals surface area contributed by atoms with Crippen molar-refractivity contribution < 1.29 is 14.7 Å². The van der Waals surface area contributed by atoms with Crippen LogP contribution in [-0.2, 0) is 16.0 Å². The summed E-state index contributed by atoms with van der Waals surface area (Å²) in [5.74, 6) is -1.36. The van der Waals surface area contributed by atoms with Gasteiger partial charge in [-0.25, -0.2) is 4.79 Å². The van der Waals surface area contributed by atoms with Crippen LogP contribution in [0.15, 0.2) is 24.3 Å². The van der Waals surface area contributed by atoms with Crippen LogP contribution in [0.3, 0.4) is 0 Å². The lowest BCUT2D eigenvalue weighted by Gasteiger charge is -2.20. The van der Waals surface area contributed by atoms with E-state index < -0.39 is 12.0 Å². The van der Waals surface area contributed by atoms with Crippen molar-refractivity contribution >= 4 is 23.5 Å². The van der Waals surface area contributed by atoms with Gasteiger partial charge in [0, 0.05) is 11.4 Å². The largest absolute Gasteiger partial charge is 0.480 e. The van der Waals surface area contributed by atoms with Gasteiger partial charge in [0.25, 0.3) is 0 Å². The van der Waals surface area contributed by atoms with Gasteiger partial charge in [-0.05, 0) is 24.0 Å². The molecule has 1 amide bonds. The van der Waals surface area contributed by atoms with Crippen LogP contribution in [0.1, 0.15) is 32.3 Å². The second-order valence-electron chi connectivity index (χ2n) is 4.86. The molecule has 0 fully saturated rings. The molecule has 5 heteroatoms. The van der Waals surface area contributed by atoms with E-state index in [1.54, 1.807) is 6.07 Å². The minimum Gasteiger partial charge on any atom is -0.480 e. The summed E-state index contributed by atoms with van der Waals surface area (Å²) < 4.78 is 0. The van der Waals surface area contributed by atoms with Crippen molar-refractivity contribution in [3.63, 3.8) is 0 Å². The Kier molecular flexibility index (Phi) is 6.52. The fraction of sp³-hybridized carbons (Fsp3) is 0.467. The molecule has 0 aromatic heterocycles. The summed E-state index contributed by atoms with van der Waals surface area (Å²) in [7, 11) is 0. The van der Waals surface area contributed by atoms with Crippen molar-refractivity contribution in [3.05, 3.63) is 34.9 Å². The molecule has 0 aliphatic carbocycles. The molecule has 0 aliphatic heterocycles. The van der Waals surface area contributed by atoms with Crippen molar-refractivity contribution in [3.8, 4) is 0 Å². The minimum absolute atomic E-state index is 0.100. The Labute approximate surface area is 124 Å². The lowest BCUT2D eigenvalue weighted by Crippen LogP contribution is -2.45. The van der Waals surface area contributed by atoms with Crippen LogP contribution in [0.5, 0.6) is 0 Å². The quantitative estimate of drug-likeness (QED) is 0.813. The molecule has 0 saturated heterocycles. The molecule has 2 unspecified atom stereocenters. The lowest BCUT2D eigenvalue weighted by molar-refractivity contribution is -0.143. The number of hydrogen-bond donors (Lipinski definition) is 2. The first kappa shape index (κ1) is 16.5. The summed E-state index contributed by atoms with van der Waals surface area (Å²) in [5.41, 5.74) is 0.889. The van der Waals surface area contributed by atoms with Gasteiger partial charge in [-0.1, -0.05) is 50.1 Å². The van der Waals surface area contributed by atoms with E-state index in [-0.39, 0.29) is 18.2 Å². The lowest BCUT2D eigenvalue weighted by atomic mass is 9.99. The maximum absolute atomic E-state index is 11.8. The Bertz CT molecular complexity index is 476. The van der Waals surface area contributed by atoms with Gasteiger partial charge in [-0.15, -0.1) is 0 Å². The minimum atomic E-state index is -0.995. The molecule has 2 N–H and O–H groups in total. The fourth-order valence-electron chi connectivity index (χ4n) is 1.88.